The minimum Gasteiger partial charge on any atom is -0.443 e. The average molecular weight is 641 g/mol. The minimum atomic E-state index is -4.53. The second-order valence-corrected chi connectivity index (χ2v) is 19.6. The Morgan fingerprint density at radius 3 is 1.84 bits per heavy atom. The molecule has 8 nitrogen and oxygen atoms in total. The molecule has 0 spiro atoms. The van der Waals surface area contributed by atoms with E-state index in [1.165, 1.54) is 35.2 Å². The van der Waals surface area contributed by atoms with Gasteiger partial charge in [0.15, 0.2) is 0 Å². The summed E-state index contributed by atoms with van der Waals surface area (Å²) in [5, 5.41) is 0. The van der Waals surface area contributed by atoms with Gasteiger partial charge in [-0.15, -0.1) is 5.54 Å². The third-order valence-electron chi connectivity index (χ3n) is 5.38. The summed E-state index contributed by atoms with van der Waals surface area (Å²) in [6.07, 6.45) is -6.43. The molecule has 0 saturated heterocycles. The summed E-state index contributed by atoms with van der Waals surface area (Å²) >= 11 is 0. The highest BCUT2D eigenvalue weighted by Gasteiger charge is 2.33. The maximum atomic E-state index is 13.5. The number of sulfonamides is 1. The first-order valence-electron chi connectivity index (χ1n) is 13.4. The molecule has 236 valence electrons. The lowest BCUT2D eigenvalue weighted by Crippen LogP contribution is -2.38. The number of nitrogens with zero attached hydrogens (tertiary/aromatic N) is 2. The number of carbonyl (C=O) groups excluding carboxylic acids is 2. The summed E-state index contributed by atoms with van der Waals surface area (Å²) in [4.78, 5) is 26.9. The summed E-state index contributed by atoms with van der Waals surface area (Å²) in [5.41, 5.74) is 1.15. The Labute approximate surface area is 253 Å². The van der Waals surface area contributed by atoms with Crippen molar-refractivity contribution < 1.29 is 40.7 Å². The van der Waals surface area contributed by atoms with Crippen molar-refractivity contribution in [2.45, 2.75) is 90.0 Å². The highest BCUT2D eigenvalue weighted by atomic mass is 32.2. The molecule has 0 atom stereocenters. The van der Waals surface area contributed by atoms with Crippen molar-refractivity contribution in [3.05, 3.63) is 59.2 Å². The van der Waals surface area contributed by atoms with Crippen LogP contribution in [0.5, 0.6) is 0 Å². The molecule has 0 unspecified atom stereocenters. The van der Waals surface area contributed by atoms with Crippen molar-refractivity contribution in [3.63, 3.8) is 0 Å². The lowest BCUT2D eigenvalue weighted by atomic mass is 10.1. The smallest absolute Gasteiger partial charge is 0.424 e. The van der Waals surface area contributed by atoms with Gasteiger partial charge in [0.05, 0.1) is 22.7 Å². The molecule has 2 amide bonds. The van der Waals surface area contributed by atoms with E-state index in [-0.39, 0.29) is 22.7 Å². The fourth-order valence-electron chi connectivity index (χ4n) is 3.40. The SMILES string of the molecule is CN(C(=O)OC(C)(C)C)S(=O)(=O)c1ccc(N(Cc2ccc(C(F)(F)F)cc2)C(=O)OC(C)(C)C)c(C#C[Si](C)(C)C)c1. The zero-order chi connectivity index (χ0) is 33.2. The van der Waals surface area contributed by atoms with Gasteiger partial charge in [0.2, 0.25) is 0 Å². The molecular formula is C30H39F3N2O6SSi. The standard InChI is InChI=1S/C30H39F3N2O6SSi/c1-28(2,3)40-26(36)34(7)42(38,39)24-15-16-25(22(19-24)17-18-43(8,9)10)35(27(37)41-29(4,5)6)20-21-11-13-23(14-12-21)30(31,32)33/h11-16,19H,20H2,1-10H3. The fourth-order valence-corrected chi connectivity index (χ4v) is 4.96. The van der Waals surface area contributed by atoms with Crippen LogP contribution in [0.2, 0.25) is 19.6 Å². The van der Waals surface area contributed by atoms with Gasteiger partial charge in [-0.3, -0.25) is 4.90 Å². The lowest BCUT2D eigenvalue weighted by molar-refractivity contribution is -0.137. The number of carbonyl (C=O) groups is 2. The fraction of sp³-hybridized carbons (Fsp3) is 0.467. The molecule has 2 aromatic rings. The Morgan fingerprint density at radius 2 is 1.37 bits per heavy atom. The van der Waals surface area contributed by atoms with E-state index < -0.39 is 53.2 Å². The van der Waals surface area contributed by atoms with Crippen molar-refractivity contribution in [1.82, 2.24) is 4.31 Å². The molecule has 0 radical (unpaired) electrons. The molecule has 0 fully saturated rings. The van der Waals surface area contributed by atoms with Crippen molar-refractivity contribution in [1.29, 1.82) is 0 Å². The van der Waals surface area contributed by atoms with Gasteiger partial charge in [-0.1, -0.05) is 37.7 Å². The Morgan fingerprint density at radius 1 is 0.860 bits per heavy atom. The summed E-state index contributed by atoms with van der Waals surface area (Å²) in [6.45, 7) is 15.5. The minimum absolute atomic E-state index is 0.152. The van der Waals surface area contributed by atoms with Crippen LogP contribution in [0.3, 0.4) is 0 Å². The third kappa shape index (κ3) is 10.6. The van der Waals surface area contributed by atoms with E-state index in [1.807, 2.05) is 19.6 Å². The second kappa shape index (κ2) is 12.6. The molecule has 0 aliphatic heterocycles. The van der Waals surface area contributed by atoms with E-state index in [0.29, 0.717) is 9.87 Å². The molecule has 2 aromatic carbocycles. The largest absolute Gasteiger partial charge is 0.443 e. The van der Waals surface area contributed by atoms with Gasteiger partial charge >= 0.3 is 18.4 Å². The number of alkyl halides is 3. The molecule has 0 bridgehead atoms. The van der Waals surface area contributed by atoms with Crippen molar-refractivity contribution >= 4 is 36.0 Å². The van der Waals surface area contributed by atoms with Crippen LogP contribution < -0.4 is 4.90 Å². The third-order valence-corrected chi connectivity index (χ3v) is 7.97. The van der Waals surface area contributed by atoms with Crippen molar-refractivity contribution in [3.8, 4) is 11.5 Å². The second-order valence-electron chi connectivity index (χ2n) is 12.9. The monoisotopic (exact) mass is 640 g/mol. The van der Waals surface area contributed by atoms with Crippen LogP contribution in [0.1, 0.15) is 58.2 Å². The number of ether oxygens (including phenoxy) is 2. The number of anilines is 1. The maximum absolute atomic E-state index is 13.5. The van der Waals surface area contributed by atoms with E-state index in [4.69, 9.17) is 9.47 Å². The molecule has 13 heteroatoms. The van der Waals surface area contributed by atoms with Gasteiger partial charge in [-0.05, 0) is 77.4 Å². The topological polar surface area (TPSA) is 93.2 Å². The number of hydrogen-bond donors (Lipinski definition) is 0. The Balaban J connectivity index is 2.72. The Kier molecular flexibility index (Phi) is 10.5. The highest BCUT2D eigenvalue weighted by Crippen LogP contribution is 2.31. The molecule has 0 heterocycles. The molecule has 0 aliphatic rings. The predicted molar refractivity (Wildman–Crippen MR) is 162 cm³/mol. The van der Waals surface area contributed by atoms with Crippen LogP contribution in [0.25, 0.3) is 0 Å². The number of benzene rings is 2. The van der Waals surface area contributed by atoms with E-state index >= 15 is 0 Å². The Bertz CT molecular complexity index is 1510. The van der Waals surface area contributed by atoms with Crippen LogP contribution in [0.15, 0.2) is 47.4 Å². The van der Waals surface area contributed by atoms with Crippen LogP contribution in [0, 0.1) is 11.5 Å². The van der Waals surface area contributed by atoms with Gasteiger partial charge in [-0.25, -0.2) is 22.3 Å². The summed E-state index contributed by atoms with van der Waals surface area (Å²) in [7, 11) is -5.35. The molecular weight excluding hydrogens is 601 g/mol. The molecule has 0 saturated carbocycles. The summed E-state index contributed by atoms with van der Waals surface area (Å²) < 4.78 is 77.5. The first-order valence-corrected chi connectivity index (χ1v) is 18.3. The van der Waals surface area contributed by atoms with Gasteiger partial charge in [0.1, 0.15) is 19.3 Å². The Hall–Kier alpha value is -3.50. The normalized spacial score (nSPS) is 12.6. The van der Waals surface area contributed by atoms with Crippen LogP contribution in [0.4, 0.5) is 28.4 Å². The zero-order valence-electron chi connectivity index (χ0n) is 26.1. The van der Waals surface area contributed by atoms with Gasteiger partial charge < -0.3 is 9.47 Å². The van der Waals surface area contributed by atoms with Gasteiger partial charge in [-0.2, -0.15) is 13.2 Å². The van der Waals surface area contributed by atoms with E-state index in [1.54, 1.807) is 41.5 Å². The molecule has 0 aromatic heterocycles. The number of hydrogen-bond acceptors (Lipinski definition) is 6. The van der Waals surface area contributed by atoms with E-state index in [9.17, 15) is 31.2 Å². The lowest BCUT2D eigenvalue weighted by Gasteiger charge is -2.29. The molecule has 43 heavy (non-hydrogen) atoms. The molecule has 2 rings (SSSR count). The van der Waals surface area contributed by atoms with E-state index in [0.717, 1.165) is 19.2 Å². The average Bonchev–Trinajstić information content (AvgIpc) is 2.82. The number of rotatable bonds is 5. The van der Waals surface area contributed by atoms with Crippen LogP contribution in [-0.4, -0.2) is 51.2 Å². The quantitative estimate of drug-likeness (QED) is 0.249. The summed E-state index contributed by atoms with van der Waals surface area (Å²) in [5.74, 6) is 3.00. The van der Waals surface area contributed by atoms with Gasteiger partial charge in [0.25, 0.3) is 10.0 Å². The number of amides is 2. The maximum Gasteiger partial charge on any atom is 0.424 e. The number of halogens is 3. The van der Waals surface area contributed by atoms with E-state index in [2.05, 4.69) is 11.5 Å². The highest BCUT2D eigenvalue weighted by molar-refractivity contribution is 7.89. The zero-order valence-corrected chi connectivity index (χ0v) is 28.0. The van der Waals surface area contributed by atoms with Crippen molar-refractivity contribution in [2.24, 2.45) is 0 Å². The van der Waals surface area contributed by atoms with Gasteiger partial charge in [0, 0.05) is 12.6 Å². The first-order chi connectivity index (χ1) is 19.3. The van der Waals surface area contributed by atoms with Crippen molar-refractivity contribution in [2.75, 3.05) is 11.9 Å². The molecule has 0 N–H and O–H groups in total. The predicted octanol–water partition coefficient (Wildman–Crippen LogP) is 7.43. The molecule has 0 aliphatic carbocycles. The van der Waals surface area contributed by atoms with Crippen LogP contribution >= 0.6 is 0 Å². The van der Waals surface area contributed by atoms with Crippen LogP contribution in [-0.2, 0) is 32.2 Å². The summed E-state index contributed by atoms with van der Waals surface area (Å²) in [6, 6.07) is 8.16. The first kappa shape index (κ1) is 35.7.